The molecule has 0 heterocycles. The number of ether oxygens (including phenoxy) is 1. The number of amides is 2. The van der Waals surface area contributed by atoms with Gasteiger partial charge < -0.3 is 15.4 Å². The number of methoxy groups -OCH3 is 1. The monoisotopic (exact) mass is 374 g/mol. The van der Waals surface area contributed by atoms with Gasteiger partial charge in [-0.1, -0.05) is 78.9 Å². The molecule has 144 valence electrons. The van der Waals surface area contributed by atoms with Gasteiger partial charge in [-0.25, -0.2) is 4.79 Å². The summed E-state index contributed by atoms with van der Waals surface area (Å²) in [6.07, 6.45) is 0.821. The molecule has 3 aromatic rings. The number of para-hydroxylation sites is 1. The maximum atomic E-state index is 12.4. The summed E-state index contributed by atoms with van der Waals surface area (Å²) in [5.74, 6) is 0.239. The zero-order chi connectivity index (χ0) is 19.6. The van der Waals surface area contributed by atoms with Crippen LogP contribution in [-0.4, -0.2) is 19.7 Å². The van der Waals surface area contributed by atoms with E-state index < -0.39 is 0 Å². The molecule has 0 aromatic heterocycles. The topological polar surface area (TPSA) is 50.4 Å². The van der Waals surface area contributed by atoms with Crippen LogP contribution in [0.1, 0.15) is 29.0 Å². The van der Waals surface area contributed by atoms with Gasteiger partial charge in [-0.15, -0.1) is 0 Å². The smallest absolute Gasteiger partial charge is 0.319 e. The largest absolute Gasteiger partial charge is 0.380 e. The highest BCUT2D eigenvalue weighted by atomic mass is 16.5. The molecule has 0 aliphatic heterocycles. The van der Waals surface area contributed by atoms with Gasteiger partial charge in [0.25, 0.3) is 0 Å². The summed E-state index contributed by atoms with van der Waals surface area (Å²) in [7, 11) is 1.64. The first-order valence-electron chi connectivity index (χ1n) is 9.49. The number of nitrogens with one attached hydrogen (secondary N) is 2. The van der Waals surface area contributed by atoms with Crippen LogP contribution in [-0.2, 0) is 11.3 Å². The molecule has 0 atom stereocenters. The van der Waals surface area contributed by atoms with Crippen LogP contribution in [0.3, 0.4) is 0 Å². The molecule has 3 aromatic carbocycles. The first-order chi connectivity index (χ1) is 13.8. The van der Waals surface area contributed by atoms with Crippen LogP contribution in [0, 0.1) is 0 Å². The highest BCUT2D eigenvalue weighted by Crippen LogP contribution is 2.27. The van der Waals surface area contributed by atoms with Crippen molar-refractivity contribution in [3.8, 4) is 0 Å². The Morgan fingerprint density at radius 1 is 0.857 bits per heavy atom. The Labute approximate surface area is 166 Å². The van der Waals surface area contributed by atoms with Crippen molar-refractivity contribution in [2.24, 2.45) is 0 Å². The van der Waals surface area contributed by atoms with Gasteiger partial charge >= 0.3 is 6.03 Å². The highest BCUT2D eigenvalue weighted by Gasteiger charge is 2.14. The van der Waals surface area contributed by atoms with Crippen molar-refractivity contribution in [2.45, 2.75) is 18.9 Å². The maximum absolute atomic E-state index is 12.4. The van der Waals surface area contributed by atoms with Gasteiger partial charge in [0, 0.05) is 30.8 Å². The molecule has 3 rings (SSSR count). The van der Waals surface area contributed by atoms with Crippen LogP contribution in [0.25, 0.3) is 0 Å². The summed E-state index contributed by atoms with van der Waals surface area (Å²) in [6, 6.07) is 28.3. The second kappa shape index (κ2) is 10.3. The standard InChI is InChI=1S/C24H26N2O2/c1-28-18-21-14-8-9-15-23(21)26-24(27)25-17-16-22(19-10-4-2-5-11-19)20-12-6-3-7-13-20/h2-15,22H,16-18H2,1H3,(H2,25,26,27). The Bertz CT molecular complexity index is 827. The third-order valence-corrected chi connectivity index (χ3v) is 4.69. The van der Waals surface area contributed by atoms with E-state index in [9.17, 15) is 4.79 Å². The minimum absolute atomic E-state index is 0.205. The first-order valence-corrected chi connectivity index (χ1v) is 9.49. The van der Waals surface area contributed by atoms with Crippen LogP contribution in [0.15, 0.2) is 84.9 Å². The van der Waals surface area contributed by atoms with Crippen molar-refractivity contribution >= 4 is 11.7 Å². The average molecular weight is 374 g/mol. The fraction of sp³-hybridized carbons (Fsp3) is 0.208. The summed E-state index contributed by atoms with van der Waals surface area (Å²) in [5.41, 5.74) is 4.22. The molecule has 0 radical (unpaired) electrons. The predicted octanol–water partition coefficient (Wildman–Crippen LogP) is 5.18. The molecule has 2 amide bonds. The maximum Gasteiger partial charge on any atom is 0.319 e. The molecule has 0 unspecified atom stereocenters. The summed E-state index contributed by atoms with van der Waals surface area (Å²) in [6.45, 7) is 1.03. The van der Waals surface area contributed by atoms with Crippen molar-refractivity contribution in [1.29, 1.82) is 0 Å². The Morgan fingerprint density at radius 3 is 2.04 bits per heavy atom. The van der Waals surface area contributed by atoms with Crippen molar-refractivity contribution in [3.05, 3.63) is 102 Å². The van der Waals surface area contributed by atoms with Gasteiger partial charge in [0.05, 0.1) is 6.61 Å². The first kappa shape index (κ1) is 19.6. The molecule has 4 heteroatoms. The summed E-state index contributed by atoms with van der Waals surface area (Å²) < 4.78 is 5.19. The van der Waals surface area contributed by atoms with Crippen molar-refractivity contribution in [3.63, 3.8) is 0 Å². The van der Waals surface area contributed by atoms with Crippen LogP contribution >= 0.6 is 0 Å². The molecule has 4 nitrogen and oxygen atoms in total. The van der Waals surface area contributed by atoms with Gasteiger partial charge in [-0.2, -0.15) is 0 Å². The number of hydrogen-bond donors (Lipinski definition) is 2. The molecule has 0 bridgehead atoms. The van der Waals surface area contributed by atoms with E-state index >= 15 is 0 Å². The van der Waals surface area contributed by atoms with Crippen LogP contribution in [0.4, 0.5) is 10.5 Å². The molecule has 2 N–H and O–H groups in total. The summed E-state index contributed by atoms with van der Waals surface area (Å²) in [5, 5.41) is 5.90. The Kier molecular flexibility index (Phi) is 7.21. The average Bonchev–Trinajstić information content (AvgIpc) is 2.74. The summed E-state index contributed by atoms with van der Waals surface area (Å²) >= 11 is 0. The van der Waals surface area contributed by atoms with Crippen molar-refractivity contribution in [1.82, 2.24) is 5.32 Å². The lowest BCUT2D eigenvalue weighted by atomic mass is 9.88. The Balaban J connectivity index is 1.61. The number of urea groups is 1. The Hall–Kier alpha value is -3.11. The number of hydrogen-bond acceptors (Lipinski definition) is 2. The van der Waals surface area contributed by atoms with E-state index in [-0.39, 0.29) is 11.9 Å². The minimum atomic E-state index is -0.205. The van der Waals surface area contributed by atoms with Gasteiger partial charge in [0.1, 0.15) is 0 Å². The molecule has 0 aliphatic rings. The second-order valence-corrected chi connectivity index (χ2v) is 6.63. The molecule has 0 saturated carbocycles. The molecular formula is C24H26N2O2. The third-order valence-electron chi connectivity index (χ3n) is 4.69. The predicted molar refractivity (Wildman–Crippen MR) is 114 cm³/mol. The van der Waals surface area contributed by atoms with Gasteiger partial charge in [0.15, 0.2) is 0 Å². The van der Waals surface area contributed by atoms with E-state index in [0.717, 1.165) is 17.7 Å². The zero-order valence-corrected chi connectivity index (χ0v) is 16.1. The Morgan fingerprint density at radius 2 is 1.43 bits per heavy atom. The van der Waals surface area contributed by atoms with E-state index in [4.69, 9.17) is 4.74 Å². The molecular weight excluding hydrogens is 348 g/mol. The van der Waals surface area contributed by atoms with E-state index in [1.165, 1.54) is 11.1 Å². The fourth-order valence-electron chi connectivity index (χ4n) is 3.32. The SMILES string of the molecule is COCc1ccccc1NC(=O)NCCC(c1ccccc1)c1ccccc1. The highest BCUT2D eigenvalue weighted by molar-refractivity contribution is 5.90. The minimum Gasteiger partial charge on any atom is -0.380 e. The molecule has 0 aliphatic carbocycles. The lowest BCUT2D eigenvalue weighted by molar-refractivity contribution is 0.185. The molecule has 28 heavy (non-hydrogen) atoms. The lowest BCUT2D eigenvalue weighted by Crippen LogP contribution is -2.30. The van der Waals surface area contributed by atoms with Crippen LogP contribution < -0.4 is 10.6 Å². The summed E-state index contributed by atoms with van der Waals surface area (Å²) in [4.78, 5) is 12.4. The van der Waals surface area contributed by atoms with Crippen LogP contribution in [0.2, 0.25) is 0 Å². The number of rotatable bonds is 8. The number of carbonyl (C=O) groups excluding carboxylic acids is 1. The third kappa shape index (κ3) is 5.44. The molecule has 0 spiro atoms. The molecule has 0 saturated heterocycles. The van der Waals surface area contributed by atoms with Crippen LogP contribution in [0.5, 0.6) is 0 Å². The quantitative estimate of drug-likeness (QED) is 0.571. The van der Waals surface area contributed by atoms with E-state index in [0.29, 0.717) is 13.2 Å². The normalized spacial score (nSPS) is 10.6. The lowest BCUT2D eigenvalue weighted by Gasteiger charge is -2.19. The van der Waals surface area contributed by atoms with E-state index in [1.54, 1.807) is 7.11 Å². The van der Waals surface area contributed by atoms with Gasteiger partial charge in [-0.3, -0.25) is 0 Å². The van der Waals surface area contributed by atoms with Gasteiger partial charge in [-0.05, 0) is 23.6 Å². The van der Waals surface area contributed by atoms with E-state index in [2.05, 4.69) is 59.2 Å². The number of carbonyl (C=O) groups is 1. The van der Waals surface area contributed by atoms with Crippen molar-refractivity contribution in [2.75, 3.05) is 19.0 Å². The second-order valence-electron chi connectivity index (χ2n) is 6.63. The van der Waals surface area contributed by atoms with Gasteiger partial charge in [0.2, 0.25) is 0 Å². The fourth-order valence-corrected chi connectivity index (χ4v) is 3.32. The number of anilines is 1. The van der Waals surface area contributed by atoms with E-state index in [1.807, 2.05) is 36.4 Å². The van der Waals surface area contributed by atoms with Crippen molar-refractivity contribution < 1.29 is 9.53 Å². The molecule has 0 fully saturated rings. The zero-order valence-electron chi connectivity index (χ0n) is 16.1. The number of benzene rings is 3.